The highest BCUT2D eigenvalue weighted by molar-refractivity contribution is 7.13. The summed E-state index contributed by atoms with van der Waals surface area (Å²) in [5.41, 5.74) is 3.26. The summed E-state index contributed by atoms with van der Waals surface area (Å²) in [6.45, 7) is 3.34. The predicted octanol–water partition coefficient (Wildman–Crippen LogP) is 4.40. The van der Waals surface area contributed by atoms with Gasteiger partial charge in [0.15, 0.2) is 11.5 Å². The van der Waals surface area contributed by atoms with Gasteiger partial charge < -0.3 is 14.2 Å². The highest BCUT2D eigenvalue weighted by Crippen LogP contribution is 2.39. The molecule has 0 amide bonds. The SMILES string of the molecule is COc1cccc(-c2nc(CN3CCOC(c4ccccc4)C3)cs2)c1OC. The highest BCUT2D eigenvalue weighted by Gasteiger charge is 2.23. The number of nitrogens with zero attached hydrogens (tertiary/aromatic N) is 2. The molecule has 1 aliphatic rings. The molecule has 2 aromatic carbocycles. The Labute approximate surface area is 169 Å². The van der Waals surface area contributed by atoms with Crippen molar-refractivity contribution < 1.29 is 14.2 Å². The van der Waals surface area contributed by atoms with Gasteiger partial charge in [-0.25, -0.2) is 4.98 Å². The molecule has 0 saturated carbocycles. The van der Waals surface area contributed by atoms with Gasteiger partial charge in [-0.2, -0.15) is 0 Å². The zero-order valence-electron chi connectivity index (χ0n) is 16.1. The van der Waals surface area contributed by atoms with Gasteiger partial charge >= 0.3 is 0 Å². The Bertz CT molecular complexity index is 913. The Morgan fingerprint density at radius 2 is 1.96 bits per heavy atom. The predicted molar refractivity (Wildman–Crippen MR) is 111 cm³/mol. The van der Waals surface area contributed by atoms with Crippen LogP contribution in [0.25, 0.3) is 10.6 Å². The molecule has 1 fully saturated rings. The minimum Gasteiger partial charge on any atom is -0.493 e. The summed E-state index contributed by atoms with van der Waals surface area (Å²) in [4.78, 5) is 7.26. The van der Waals surface area contributed by atoms with E-state index >= 15 is 0 Å². The normalized spacial score (nSPS) is 17.4. The third-order valence-corrected chi connectivity index (χ3v) is 5.82. The van der Waals surface area contributed by atoms with Crippen molar-refractivity contribution in [1.82, 2.24) is 9.88 Å². The molecular weight excluding hydrogens is 372 g/mol. The molecule has 0 spiro atoms. The largest absolute Gasteiger partial charge is 0.493 e. The van der Waals surface area contributed by atoms with Crippen LogP contribution < -0.4 is 9.47 Å². The van der Waals surface area contributed by atoms with E-state index in [0.717, 1.165) is 54.0 Å². The Kier molecular flexibility index (Phi) is 5.90. The molecule has 1 saturated heterocycles. The molecule has 2 heterocycles. The molecule has 1 aromatic heterocycles. The van der Waals surface area contributed by atoms with Crippen molar-refractivity contribution >= 4 is 11.3 Å². The zero-order chi connectivity index (χ0) is 19.3. The number of ether oxygens (including phenoxy) is 3. The summed E-state index contributed by atoms with van der Waals surface area (Å²) in [5, 5.41) is 3.07. The fourth-order valence-corrected chi connectivity index (χ4v) is 4.34. The molecule has 0 aliphatic carbocycles. The molecule has 0 N–H and O–H groups in total. The summed E-state index contributed by atoms with van der Waals surface area (Å²) in [5.74, 6) is 1.44. The van der Waals surface area contributed by atoms with Crippen LogP contribution in [0.15, 0.2) is 53.9 Å². The first-order valence-corrected chi connectivity index (χ1v) is 10.2. The van der Waals surface area contributed by atoms with Crippen LogP contribution in [0.1, 0.15) is 17.4 Å². The topological polar surface area (TPSA) is 43.8 Å². The maximum absolute atomic E-state index is 5.97. The molecular formula is C22H24N2O3S. The van der Waals surface area contributed by atoms with Crippen LogP contribution in [0.3, 0.4) is 0 Å². The third-order valence-electron chi connectivity index (χ3n) is 4.89. The lowest BCUT2D eigenvalue weighted by Gasteiger charge is -2.32. The van der Waals surface area contributed by atoms with E-state index in [4.69, 9.17) is 19.2 Å². The first-order chi connectivity index (χ1) is 13.8. The van der Waals surface area contributed by atoms with E-state index in [2.05, 4.69) is 34.5 Å². The minimum absolute atomic E-state index is 0.117. The van der Waals surface area contributed by atoms with E-state index in [1.165, 1.54) is 5.56 Å². The van der Waals surface area contributed by atoms with E-state index in [1.807, 2.05) is 24.3 Å². The Morgan fingerprint density at radius 3 is 2.75 bits per heavy atom. The lowest BCUT2D eigenvalue weighted by Crippen LogP contribution is -2.37. The molecule has 3 aromatic rings. The molecule has 1 aliphatic heterocycles. The number of hydrogen-bond donors (Lipinski definition) is 0. The Hall–Kier alpha value is -2.41. The molecule has 0 bridgehead atoms. The lowest BCUT2D eigenvalue weighted by atomic mass is 10.1. The van der Waals surface area contributed by atoms with Gasteiger partial charge in [0.2, 0.25) is 0 Å². The fraction of sp³-hybridized carbons (Fsp3) is 0.318. The molecule has 4 rings (SSSR count). The molecule has 5 nitrogen and oxygen atoms in total. The van der Waals surface area contributed by atoms with Crippen LogP contribution in [0.5, 0.6) is 11.5 Å². The maximum atomic E-state index is 5.97. The number of hydrogen-bond acceptors (Lipinski definition) is 6. The summed E-state index contributed by atoms with van der Waals surface area (Å²) in [6, 6.07) is 16.3. The van der Waals surface area contributed by atoms with Crippen LogP contribution in [0, 0.1) is 0 Å². The number of benzene rings is 2. The van der Waals surface area contributed by atoms with Gasteiger partial charge in [-0.3, -0.25) is 4.90 Å². The number of aromatic nitrogens is 1. The quantitative estimate of drug-likeness (QED) is 0.618. The fourth-order valence-electron chi connectivity index (χ4n) is 3.50. The van der Waals surface area contributed by atoms with Crippen LogP contribution >= 0.6 is 11.3 Å². The summed E-state index contributed by atoms with van der Waals surface area (Å²) >= 11 is 1.63. The van der Waals surface area contributed by atoms with Gasteiger partial charge in [-0.1, -0.05) is 36.4 Å². The second-order valence-electron chi connectivity index (χ2n) is 6.69. The molecule has 1 atom stereocenters. The summed E-state index contributed by atoms with van der Waals surface area (Å²) in [6.07, 6.45) is 0.117. The van der Waals surface area contributed by atoms with E-state index in [1.54, 1.807) is 25.6 Å². The molecule has 28 heavy (non-hydrogen) atoms. The van der Waals surface area contributed by atoms with Gasteiger partial charge in [0, 0.05) is 25.0 Å². The van der Waals surface area contributed by atoms with Gasteiger partial charge in [-0.15, -0.1) is 11.3 Å². The van der Waals surface area contributed by atoms with Crippen molar-refractivity contribution in [3.05, 3.63) is 65.2 Å². The number of methoxy groups -OCH3 is 2. The van der Waals surface area contributed by atoms with E-state index in [9.17, 15) is 0 Å². The van der Waals surface area contributed by atoms with Gasteiger partial charge in [-0.05, 0) is 17.7 Å². The van der Waals surface area contributed by atoms with Crippen LogP contribution in [0.4, 0.5) is 0 Å². The Morgan fingerprint density at radius 1 is 1.11 bits per heavy atom. The van der Waals surface area contributed by atoms with Crippen molar-refractivity contribution in [3.8, 4) is 22.1 Å². The van der Waals surface area contributed by atoms with Crippen LogP contribution in [0.2, 0.25) is 0 Å². The average Bonchev–Trinajstić information content (AvgIpc) is 3.22. The van der Waals surface area contributed by atoms with Crippen LogP contribution in [-0.2, 0) is 11.3 Å². The third kappa shape index (κ3) is 4.04. The number of rotatable bonds is 6. The van der Waals surface area contributed by atoms with Crippen molar-refractivity contribution in [2.45, 2.75) is 12.6 Å². The summed E-state index contributed by atoms with van der Waals surface area (Å²) < 4.78 is 16.9. The average molecular weight is 397 g/mol. The van der Waals surface area contributed by atoms with E-state index in [-0.39, 0.29) is 6.10 Å². The molecule has 146 valence electrons. The van der Waals surface area contributed by atoms with Gasteiger partial charge in [0.1, 0.15) is 5.01 Å². The first-order valence-electron chi connectivity index (χ1n) is 9.33. The van der Waals surface area contributed by atoms with Gasteiger partial charge in [0.25, 0.3) is 0 Å². The van der Waals surface area contributed by atoms with Crippen molar-refractivity contribution in [2.24, 2.45) is 0 Å². The summed E-state index contributed by atoms with van der Waals surface area (Å²) in [7, 11) is 3.31. The first kappa shape index (κ1) is 18.9. The minimum atomic E-state index is 0.117. The second kappa shape index (κ2) is 8.73. The van der Waals surface area contributed by atoms with Gasteiger partial charge in [0.05, 0.1) is 38.2 Å². The smallest absolute Gasteiger partial charge is 0.170 e. The standard InChI is InChI=1S/C22H24N2O3S/c1-25-19-10-6-9-18(21(19)26-2)22-23-17(15-28-22)13-24-11-12-27-20(14-24)16-7-4-3-5-8-16/h3-10,15,20H,11-14H2,1-2H3. The van der Waals surface area contributed by atoms with Crippen molar-refractivity contribution in [3.63, 3.8) is 0 Å². The second-order valence-corrected chi connectivity index (χ2v) is 7.55. The molecule has 1 unspecified atom stereocenters. The Balaban J connectivity index is 1.48. The monoisotopic (exact) mass is 396 g/mol. The number of thiazole rings is 1. The molecule has 6 heteroatoms. The number of morpholine rings is 1. The van der Waals surface area contributed by atoms with Crippen LogP contribution in [-0.4, -0.2) is 43.8 Å². The maximum Gasteiger partial charge on any atom is 0.170 e. The zero-order valence-corrected chi connectivity index (χ0v) is 16.9. The van der Waals surface area contributed by atoms with E-state index < -0.39 is 0 Å². The highest BCUT2D eigenvalue weighted by atomic mass is 32.1. The van der Waals surface area contributed by atoms with Crippen molar-refractivity contribution in [1.29, 1.82) is 0 Å². The lowest BCUT2D eigenvalue weighted by molar-refractivity contribution is -0.0332. The molecule has 0 radical (unpaired) electrons. The van der Waals surface area contributed by atoms with Crippen molar-refractivity contribution in [2.75, 3.05) is 33.9 Å². The number of para-hydroxylation sites is 1. The van der Waals surface area contributed by atoms with E-state index in [0.29, 0.717) is 0 Å².